The van der Waals surface area contributed by atoms with E-state index >= 15 is 0 Å². The summed E-state index contributed by atoms with van der Waals surface area (Å²) >= 11 is 0. The number of para-hydroxylation sites is 4. The van der Waals surface area contributed by atoms with E-state index in [1.165, 1.54) is 67.0 Å². The largest absolute Gasteiger partial charge is 0.310 e. The Kier molecular flexibility index (Phi) is 7.31. The molecule has 2 aliphatic rings. The lowest BCUT2D eigenvalue weighted by atomic mass is 9.76. The van der Waals surface area contributed by atoms with Crippen LogP contribution in [0, 0.1) is 13.8 Å². The predicted octanol–water partition coefficient (Wildman–Crippen LogP) is 13.9. The Balaban J connectivity index is 1.19. The van der Waals surface area contributed by atoms with E-state index in [1.807, 2.05) is 0 Å². The van der Waals surface area contributed by atoms with Gasteiger partial charge in [-0.05, 0) is 148 Å². The third kappa shape index (κ3) is 4.78. The van der Waals surface area contributed by atoms with E-state index in [-0.39, 0.29) is 10.8 Å². The van der Waals surface area contributed by atoms with Crippen LogP contribution in [0.2, 0.25) is 0 Å². The van der Waals surface area contributed by atoms with Crippen LogP contribution in [0.5, 0.6) is 0 Å². The molecule has 0 spiro atoms. The monoisotopic (exact) mass is 672 g/mol. The number of rotatable bonds is 6. The van der Waals surface area contributed by atoms with Gasteiger partial charge in [-0.1, -0.05) is 107 Å². The van der Waals surface area contributed by atoms with Crippen molar-refractivity contribution in [2.24, 2.45) is 0 Å². The second-order valence-corrected chi connectivity index (χ2v) is 15.5. The van der Waals surface area contributed by atoms with E-state index in [1.54, 1.807) is 0 Å². The second kappa shape index (κ2) is 11.9. The van der Waals surface area contributed by atoms with Crippen LogP contribution >= 0.6 is 0 Å². The van der Waals surface area contributed by atoms with Crippen LogP contribution in [0.4, 0.5) is 34.1 Å². The minimum Gasteiger partial charge on any atom is -0.310 e. The van der Waals surface area contributed by atoms with Crippen molar-refractivity contribution in [3.05, 3.63) is 191 Å². The lowest BCUT2D eigenvalue weighted by Crippen LogP contribution is -2.19. The Labute approximate surface area is 308 Å². The van der Waals surface area contributed by atoms with Gasteiger partial charge in [-0.25, -0.2) is 0 Å². The number of benzene rings is 7. The van der Waals surface area contributed by atoms with Gasteiger partial charge in [0.2, 0.25) is 0 Å². The first-order valence-corrected chi connectivity index (χ1v) is 18.5. The van der Waals surface area contributed by atoms with Gasteiger partial charge in [0.05, 0.1) is 0 Å². The van der Waals surface area contributed by atoms with Crippen LogP contribution in [-0.4, -0.2) is 0 Å². The van der Waals surface area contributed by atoms with Gasteiger partial charge in [0.25, 0.3) is 0 Å². The van der Waals surface area contributed by atoms with Crippen LogP contribution in [0.15, 0.2) is 158 Å². The Morgan fingerprint density at radius 3 is 1.31 bits per heavy atom. The summed E-state index contributed by atoms with van der Waals surface area (Å²) in [6.45, 7) is 14.4. The van der Waals surface area contributed by atoms with E-state index in [4.69, 9.17) is 0 Å². The van der Waals surface area contributed by atoms with Crippen LogP contribution in [0.25, 0.3) is 22.3 Å². The van der Waals surface area contributed by atoms with E-state index in [0.717, 1.165) is 22.7 Å². The van der Waals surface area contributed by atoms with Crippen LogP contribution in [-0.2, 0) is 10.8 Å². The summed E-state index contributed by atoms with van der Waals surface area (Å²) in [6.07, 6.45) is 0. The van der Waals surface area contributed by atoms with Gasteiger partial charge in [0.15, 0.2) is 0 Å². The molecule has 2 nitrogen and oxygen atoms in total. The molecule has 254 valence electrons. The summed E-state index contributed by atoms with van der Waals surface area (Å²) in [6, 6.07) is 57.4. The third-order valence-electron chi connectivity index (χ3n) is 11.7. The van der Waals surface area contributed by atoms with Crippen molar-refractivity contribution in [2.45, 2.75) is 52.4 Å². The summed E-state index contributed by atoms with van der Waals surface area (Å²) in [5.41, 5.74) is 20.6. The van der Waals surface area contributed by atoms with Crippen molar-refractivity contribution < 1.29 is 0 Å². The summed E-state index contributed by atoms with van der Waals surface area (Å²) in [4.78, 5) is 4.77. The molecule has 0 aromatic heterocycles. The molecule has 0 amide bonds. The molecule has 0 heterocycles. The molecule has 0 aliphatic heterocycles. The predicted molar refractivity (Wildman–Crippen MR) is 220 cm³/mol. The molecular formula is C50H44N2. The molecule has 0 N–H and O–H groups in total. The number of hydrogen-bond donors (Lipinski definition) is 0. The highest BCUT2D eigenvalue weighted by Gasteiger charge is 2.44. The van der Waals surface area contributed by atoms with Crippen molar-refractivity contribution >= 4 is 34.1 Å². The lowest BCUT2D eigenvalue weighted by Gasteiger charge is -2.29. The highest BCUT2D eigenvalue weighted by Crippen LogP contribution is 2.60. The van der Waals surface area contributed by atoms with Gasteiger partial charge in [0, 0.05) is 45.0 Å². The zero-order valence-corrected chi connectivity index (χ0v) is 30.9. The molecule has 7 aromatic carbocycles. The van der Waals surface area contributed by atoms with E-state index in [2.05, 4.69) is 209 Å². The van der Waals surface area contributed by atoms with Crippen molar-refractivity contribution in [1.29, 1.82) is 0 Å². The van der Waals surface area contributed by atoms with Gasteiger partial charge in [0.1, 0.15) is 0 Å². The topological polar surface area (TPSA) is 6.48 Å². The molecule has 0 saturated carbocycles. The van der Waals surface area contributed by atoms with E-state index < -0.39 is 0 Å². The summed E-state index contributed by atoms with van der Waals surface area (Å²) < 4.78 is 0. The van der Waals surface area contributed by atoms with Gasteiger partial charge in [-0.15, -0.1) is 0 Å². The van der Waals surface area contributed by atoms with Gasteiger partial charge in [-0.2, -0.15) is 0 Å². The summed E-state index contributed by atoms with van der Waals surface area (Å²) in [5.74, 6) is 0. The number of fused-ring (bicyclic) bond motifs is 6. The number of aryl methyl sites for hydroxylation is 1. The van der Waals surface area contributed by atoms with Gasteiger partial charge in [-0.3, -0.25) is 0 Å². The number of anilines is 6. The van der Waals surface area contributed by atoms with Crippen molar-refractivity contribution in [3.63, 3.8) is 0 Å². The second-order valence-electron chi connectivity index (χ2n) is 15.5. The summed E-state index contributed by atoms with van der Waals surface area (Å²) in [5, 5.41) is 0. The van der Waals surface area contributed by atoms with Crippen molar-refractivity contribution in [2.75, 3.05) is 9.80 Å². The summed E-state index contributed by atoms with van der Waals surface area (Å²) in [7, 11) is 0. The van der Waals surface area contributed by atoms with E-state index in [0.29, 0.717) is 0 Å². The third-order valence-corrected chi connectivity index (χ3v) is 11.7. The quantitative estimate of drug-likeness (QED) is 0.173. The Morgan fingerprint density at radius 2 is 0.808 bits per heavy atom. The fraction of sp³-hybridized carbons (Fsp3) is 0.160. The Hall–Kier alpha value is -5.86. The normalized spacial score (nSPS) is 14.3. The van der Waals surface area contributed by atoms with Crippen LogP contribution < -0.4 is 9.80 Å². The molecule has 7 aromatic rings. The highest BCUT2D eigenvalue weighted by atomic mass is 15.1. The highest BCUT2D eigenvalue weighted by molar-refractivity contribution is 5.95. The maximum absolute atomic E-state index is 2.54. The molecule has 2 heteroatoms. The smallest absolute Gasteiger partial charge is 0.0467 e. The lowest BCUT2D eigenvalue weighted by molar-refractivity contribution is 0.648. The maximum Gasteiger partial charge on any atom is 0.0467 e. The minimum absolute atomic E-state index is 0.170. The molecule has 0 radical (unpaired) electrons. The number of hydrogen-bond acceptors (Lipinski definition) is 2. The molecule has 9 rings (SSSR count). The molecule has 0 bridgehead atoms. The Morgan fingerprint density at radius 1 is 0.365 bits per heavy atom. The van der Waals surface area contributed by atoms with Gasteiger partial charge >= 0.3 is 0 Å². The standard InChI is InChI=1S/C50H44N2/c1-33-29-40(52(37-23-15-9-16-24-37)38-25-17-10-18-26-38)31-44-46(33)47-34(2)48-42(32-45(47)49(44,3)4)41-28-27-39(30-43(41)50(48,5)6)51(35-19-11-7-12-20-35)36-21-13-8-14-22-36/h7-32H,1-6H3. The van der Waals surface area contributed by atoms with E-state index in [9.17, 15) is 0 Å². The van der Waals surface area contributed by atoms with Crippen LogP contribution in [0.3, 0.4) is 0 Å². The molecule has 0 unspecified atom stereocenters. The number of nitrogens with zero attached hydrogens (tertiary/aromatic N) is 2. The SMILES string of the molecule is Cc1cc(N(c2ccccc2)c2ccccc2)cc2c1-c1c(cc3c(c1C)C(C)(C)c1cc(N(c4ccccc4)c4ccccc4)ccc1-3)C2(C)C. The average molecular weight is 673 g/mol. The molecular weight excluding hydrogens is 629 g/mol. The fourth-order valence-corrected chi connectivity index (χ4v) is 9.28. The van der Waals surface area contributed by atoms with Crippen molar-refractivity contribution in [1.82, 2.24) is 0 Å². The fourth-order valence-electron chi connectivity index (χ4n) is 9.28. The van der Waals surface area contributed by atoms with Gasteiger partial charge < -0.3 is 9.80 Å². The first kappa shape index (κ1) is 32.1. The Bertz CT molecular complexity index is 2380. The first-order chi connectivity index (χ1) is 25.2. The zero-order chi connectivity index (χ0) is 35.8. The zero-order valence-electron chi connectivity index (χ0n) is 30.9. The first-order valence-electron chi connectivity index (χ1n) is 18.5. The molecule has 52 heavy (non-hydrogen) atoms. The van der Waals surface area contributed by atoms with Crippen LogP contribution in [0.1, 0.15) is 61.1 Å². The molecule has 0 fully saturated rings. The maximum atomic E-state index is 2.54. The molecule has 0 atom stereocenters. The molecule has 0 saturated heterocycles. The van der Waals surface area contributed by atoms with Crippen molar-refractivity contribution in [3.8, 4) is 22.3 Å². The molecule has 2 aliphatic carbocycles. The average Bonchev–Trinajstić information content (AvgIpc) is 3.53. The minimum atomic E-state index is -0.172.